The maximum Gasteiger partial charge on any atom is 0.242 e. The minimum Gasteiger partial charge on any atom is -0.395 e. The summed E-state index contributed by atoms with van der Waals surface area (Å²) < 4.78 is 0. The molecule has 1 heterocycles. The van der Waals surface area contributed by atoms with Crippen LogP contribution < -0.4 is 5.32 Å². The number of amides is 1. The number of benzene rings is 1. The van der Waals surface area contributed by atoms with E-state index in [1.165, 1.54) is 5.56 Å². The molecule has 25 heavy (non-hydrogen) atoms. The maximum absolute atomic E-state index is 12.7. The normalized spacial score (nSPS) is 29.4. The lowest BCUT2D eigenvalue weighted by Crippen LogP contribution is -2.69. The van der Waals surface area contributed by atoms with Crippen LogP contribution in [0, 0.1) is 0 Å². The van der Waals surface area contributed by atoms with Gasteiger partial charge in [-0.1, -0.05) is 30.3 Å². The lowest BCUT2D eigenvalue weighted by atomic mass is 9.89. The summed E-state index contributed by atoms with van der Waals surface area (Å²) in [7, 11) is 0. The molecule has 1 aromatic carbocycles. The Labute approximate surface area is 147 Å². The Morgan fingerprint density at radius 2 is 1.80 bits per heavy atom. The second-order valence-electron chi connectivity index (χ2n) is 6.41. The van der Waals surface area contributed by atoms with Crippen molar-refractivity contribution in [2.24, 2.45) is 0 Å². The van der Waals surface area contributed by atoms with Gasteiger partial charge in [0.2, 0.25) is 5.91 Å². The highest BCUT2D eigenvalue weighted by atomic mass is 16.4. The molecule has 2 rings (SSSR count). The van der Waals surface area contributed by atoms with Gasteiger partial charge in [0.05, 0.1) is 12.6 Å². The highest BCUT2D eigenvalue weighted by Crippen LogP contribution is 2.17. The number of aryl methyl sites for hydroxylation is 1. The van der Waals surface area contributed by atoms with Gasteiger partial charge in [0.15, 0.2) is 0 Å². The molecule has 7 heteroatoms. The van der Waals surface area contributed by atoms with Crippen molar-refractivity contribution in [1.29, 1.82) is 0 Å². The molecule has 1 fully saturated rings. The van der Waals surface area contributed by atoms with Crippen molar-refractivity contribution in [3.05, 3.63) is 35.9 Å². The number of aliphatic hydroxyl groups is 4. The van der Waals surface area contributed by atoms with Gasteiger partial charge in [-0.25, -0.2) is 0 Å². The Hall–Kier alpha value is -1.51. The van der Waals surface area contributed by atoms with Gasteiger partial charge in [-0.15, -0.1) is 0 Å². The monoisotopic (exact) mass is 352 g/mol. The van der Waals surface area contributed by atoms with Crippen LogP contribution in [0.25, 0.3) is 0 Å². The van der Waals surface area contributed by atoms with Crippen molar-refractivity contribution in [3.63, 3.8) is 0 Å². The average Bonchev–Trinajstić information content (AvgIpc) is 2.64. The molecule has 0 unspecified atom stereocenters. The molecular weight excluding hydrogens is 324 g/mol. The first-order valence-corrected chi connectivity index (χ1v) is 8.73. The van der Waals surface area contributed by atoms with E-state index in [9.17, 15) is 25.2 Å². The number of aliphatic hydroxyl groups excluding tert-OH is 4. The molecule has 1 aliphatic rings. The second kappa shape index (κ2) is 9.26. The van der Waals surface area contributed by atoms with E-state index in [2.05, 4.69) is 5.32 Å². The molecule has 140 valence electrons. The molecule has 1 amide bonds. The van der Waals surface area contributed by atoms with E-state index in [0.717, 1.165) is 12.8 Å². The van der Waals surface area contributed by atoms with Crippen molar-refractivity contribution in [3.8, 4) is 0 Å². The topological polar surface area (TPSA) is 113 Å². The lowest BCUT2D eigenvalue weighted by Gasteiger charge is -2.41. The zero-order valence-electron chi connectivity index (χ0n) is 14.5. The second-order valence-corrected chi connectivity index (χ2v) is 6.41. The first-order valence-electron chi connectivity index (χ1n) is 8.73. The summed E-state index contributed by atoms with van der Waals surface area (Å²) in [5.74, 6) is -0.340. The van der Waals surface area contributed by atoms with Crippen LogP contribution in [0.1, 0.15) is 18.9 Å². The van der Waals surface area contributed by atoms with Gasteiger partial charge in [0.25, 0.3) is 0 Å². The molecule has 5 N–H and O–H groups in total. The summed E-state index contributed by atoms with van der Waals surface area (Å²) in [6.07, 6.45) is -2.60. The number of nitrogens with one attached hydrogen (secondary N) is 1. The number of piperidine rings is 1. The predicted molar refractivity (Wildman–Crippen MR) is 92.8 cm³/mol. The number of carbonyl (C=O) groups excluding carboxylic acids is 1. The van der Waals surface area contributed by atoms with E-state index in [0.29, 0.717) is 13.1 Å². The summed E-state index contributed by atoms with van der Waals surface area (Å²) in [6, 6.07) is 8.08. The first-order chi connectivity index (χ1) is 12.0. The lowest BCUT2D eigenvalue weighted by molar-refractivity contribution is -0.153. The molecule has 7 nitrogen and oxygen atoms in total. The number of hydrogen-bond acceptors (Lipinski definition) is 6. The molecule has 0 radical (unpaired) electrons. The van der Waals surface area contributed by atoms with E-state index in [4.69, 9.17) is 0 Å². The average molecular weight is 352 g/mol. The molecular formula is C18H28N2O5. The quantitative estimate of drug-likeness (QED) is 0.425. The number of carbonyl (C=O) groups is 1. The van der Waals surface area contributed by atoms with Crippen molar-refractivity contribution in [1.82, 2.24) is 10.2 Å². The minimum absolute atomic E-state index is 0.340. The fourth-order valence-electron chi connectivity index (χ4n) is 3.18. The van der Waals surface area contributed by atoms with Crippen LogP contribution in [0.4, 0.5) is 0 Å². The van der Waals surface area contributed by atoms with Crippen LogP contribution in [0.15, 0.2) is 30.3 Å². The minimum atomic E-state index is -1.48. The van der Waals surface area contributed by atoms with Gasteiger partial charge < -0.3 is 25.3 Å². The number of rotatable bonds is 7. The van der Waals surface area contributed by atoms with E-state index in [-0.39, 0.29) is 5.91 Å². The molecule has 0 saturated carbocycles. The largest absolute Gasteiger partial charge is 0.395 e. The van der Waals surface area contributed by atoms with Gasteiger partial charge in [0, 0.05) is 13.1 Å². The van der Waals surface area contributed by atoms with Crippen LogP contribution in [0.5, 0.6) is 0 Å². The van der Waals surface area contributed by atoms with Gasteiger partial charge in [0.1, 0.15) is 24.4 Å². The SMILES string of the molecule is CCN(CCCc1ccccc1)C(=O)[C@H]1N[C@H](CO)[C@@H](O)[C@H](O)[C@@H]1O. The highest BCUT2D eigenvalue weighted by Gasteiger charge is 2.45. The van der Waals surface area contributed by atoms with Gasteiger partial charge in [-0.2, -0.15) is 0 Å². The first kappa shape index (κ1) is 19.8. The third kappa shape index (κ3) is 4.77. The predicted octanol–water partition coefficient (Wildman–Crippen LogP) is -1.12. The van der Waals surface area contributed by atoms with Crippen molar-refractivity contribution in [2.45, 2.75) is 50.2 Å². The van der Waals surface area contributed by atoms with Crippen LogP contribution in [-0.2, 0) is 11.2 Å². The smallest absolute Gasteiger partial charge is 0.242 e. The molecule has 1 aliphatic heterocycles. The summed E-state index contributed by atoms with van der Waals surface area (Å²) in [6.45, 7) is 2.41. The summed E-state index contributed by atoms with van der Waals surface area (Å²) in [5, 5.41) is 41.9. The Morgan fingerprint density at radius 3 is 2.40 bits per heavy atom. The highest BCUT2D eigenvalue weighted by molar-refractivity contribution is 5.83. The molecule has 0 aliphatic carbocycles. The summed E-state index contributed by atoms with van der Waals surface area (Å²) in [5.41, 5.74) is 1.20. The van der Waals surface area contributed by atoms with E-state index in [1.807, 2.05) is 37.3 Å². The molecule has 0 bridgehead atoms. The van der Waals surface area contributed by atoms with Gasteiger partial charge in [-0.3, -0.25) is 10.1 Å². The maximum atomic E-state index is 12.7. The zero-order valence-corrected chi connectivity index (χ0v) is 14.5. The van der Waals surface area contributed by atoms with E-state index >= 15 is 0 Å². The van der Waals surface area contributed by atoms with Crippen LogP contribution in [0.2, 0.25) is 0 Å². The van der Waals surface area contributed by atoms with Crippen molar-refractivity contribution >= 4 is 5.91 Å². The molecule has 0 aromatic heterocycles. The molecule has 1 saturated heterocycles. The van der Waals surface area contributed by atoms with Crippen molar-refractivity contribution < 1.29 is 25.2 Å². The number of likely N-dealkylation sites (N-methyl/N-ethyl adjacent to an activating group) is 1. The molecule has 5 atom stereocenters. The Bertz CT molecular complexity index is 540. The Balaban J connectivity index is 1.95. The van der Waals surface area contributed by atoms with E-state index < -0.39 is 37.0 Å². The van der Waals surface area contributed by atoms with Crippen molar-refractivity contribution in [2.75, 3.05) is 19.7 Å². The summed E-state index contributed by atoms with van der Waals surface area (Å²) in [4.78, 5) is 14.3. The fourth-order valence-corrected chi connectivity index (χ4v) is 3.18. The molecule has 1 aromatic rings. The summed E-state index contributed by atoms with van der Waals surface area (Å²) >= 11 is 0. The van der Waals surface area contributed by atoms with Crippen LogP contribution in [0.3, 0.4) is 0 Å². The van der Waals surface area contributed by atoms with Gasteiger partial charge in [-0.05, 0) is 25.3 Å². The number of nitrogens with zero attached hydrogens (tertiary/aromatic N) is 1. The fraction of sp³-hybridized carbons (Fsp3) is 0.611. The number of hydrogen-bond donors (Lipinski definition) is 5. The zero-order chi connectivity index (χ0) is 18.4. The third-order valence-corrected chi connectivity index (χ3v) is 4.74. The molecule has 0 spiro atoms. The third-order valence-electron chi connectivity index (χ3n) is 4.74. The standard InChI is InChI=1S/C18H28N2O5/c1-2-20(10-6-9-12-7-4-3-5-8-12)18(25)14-16(23)17(24)15(22)13(11-21)19-14/h3-5,7-8,13-17,19,21-24H,2,6,9-11H2,1H3/t13-,14+,15-,16-,17+/m1/s1. The van der Waals surface area contributed by atoms with Gasteiger partial charge >= 0.3 is 0 Å². The van der Waals surface area contributed by atoms with E-state index in [1.54, 1.807) is 4.90 Å². The Morgan fingerprint density at radius 1 is 1.12 bits per heavy atom. The Kier molecular flexibility index (Phi) is 7.34. The van der Waals surface area contributed by atoms with Crippen LogP contribution in [-0.4, -0.2) is 81.3 Å². The van der Waals surface area contributed by atoms with Crippen LogP contribution >= 0.6 is 0 Å².